The van der Waals surface area contributed by atoms with E-state index in [1.54, 1.807) is 14.2 Å². The Morgan fingerprint density at radius 1 is 1.14 bits per heavy atom. The molecule has 0 saturated heterocycles. The third kappa shape index (κ3) is 5.18. The highest BCUT2D eigenvalue weighted by Crippen LogP contribution is 2.33. The summed E-state index contributed by atoms with van der Waals surface area (Å²) in [6.45, 7) is 6.40. The second kappa shape index (κ2) is 8.39. The Kier molecular flexibility index (Phi) is 7.16. The van der Waals surface area contributed by atoms with Crippen molar-refractivity contribution in [2.45, 2.75) is 33.1 Å². The molecule has 0 amide bonds. The van der Waals surface area contributed by atoms with E-state index in [0.717, 1.165) is 5.56 Å². The van der Waals surface area contributed by atoms with Crippen LogP contribution in [0.1, 0.15) is 38.7 Å². The van der Waals surface area contributed by atoms with Crippen LogP contribution < -0.4 is 14.2 Å². The molecule has 1 aromatic carbocycles. The molecule has 0 aromatic heterocycles. The SMILES string of the molecule is CCCS(=O)(=O)NCC(c1ccc(OC)c(OC)c1)C(C)C. The first-order valence-electron chi connectivity index (χ1n) is 7.53. The predicted molar refractivity (Wildman–Crippen MR) is 89.2 cm³/mol. The number of methoxy groups -OCH3 is 2. The number of sulfonamides is 1. The van der Waals surface area contributed by atoms with Gasteiger partial charge in [-0.25, -0.2) is 13.1 Å². The van der Waals surface area contributed by atoms with Gasteiger partial charge in [-0.1, -0.05) is 26.8 Å². The maximum Gasteiger partial charge on any atom is 0.211 e. The van der Waals surface area contributed by atoms with Crippen molar-refractivity contribution in [2.75, 3.05) is 26.5 Å². The van der Waals surface area contributed by atoms with E-state index in [4.69, 9.17) is 9.47 Å². The molecule has 0 radical (unpaired) electrons. The number of ether oxygens (including phenoxy) is 2. The second-order valence-electron chi connectivity index (χ2n) is 5.63. The van der Waals surface area contributed by atoms with E-state index in [1.165, 1.54) is 0 Å². The zero-order valence-corrected chi connectivity index (χ0v) is 14.9. The van der Waals surface area contributed by atoms with Crippen LogP contribution >= 0.6 is 0 Å². The monoisotopic (exact) mass is 329 g/mol. The zero-order valence-electron chi connectivity index (χ0n) is 14.0. The van der Waals surface area contributed by atoms with E-state index >= 15 is 0 Å². The summed E-state index contributed by atoms with van der Waals surface area (Å²) in [5.74, 6) is 1.85. The Morgan fingerprint density at radius 3 is 2.27 bits per heavy atom. The van der Waals surface area contributed by atoms with Gasteiger partial charge in [0.1, 0.15) is 0 Å². The van der Waals surface area contributed by atoms with Gasteiger partial charge in [-0.15, -0.1) is 0 Å². The fourth-order valence-electron chi connectivity index (χ4n) is 2.38. The molecule has 1 atom stereocenters. The standard InChI is InChI=1S/C16H27NO4S/c1-6-9-22(18,19)17-11-14(12(2)3)13-7-8-15(20-4)16(10-13)21-5/h7-8,10,12,14,17H,6,9,11H2,1-5H3. The maximum absolute atomic E-state index is 11.9. The summed E-state index contributed by atoms with van der Waals surface area (Å²) in [6, 6.07) is 5.72. The molecule has 0 aliphatic heterocycles. The molecule has 0 aliphatic rings. The van der Waals surface area contributed by atoms with E-state index in [9.17, 15) is 8.42 Å². The van der Waals surface area contributed by atoms with Crippen molar-refractivity contribution in [2.24, 2.45) is 5.92 Å². The normalized spacial score (nSPS) is 13.2. The first-order valence-corrected chi connectivity index (χ1v) is 9.19. The minimum atomic E-state index is -3.20. The lowest BCUT2D eigenvalue weighted by atomic mass is 9.88. The van der Waals surface area contributed by atoms with Gasteiger partial charge in [0, 0.05) is 6.54 Å². The van der Waals surface area contributed by atoms with Crippen molar-refractivity contribution in [3.63, 3.8) is 0 Å². The van der Waals surface area contributed by atoms with Crippen molar-refractivity contribution < 1.29 is 17.9 Å². The Balaban J connectivity index is 2.96. The molecule has 126 valence electrons. The fourth-order valence-corrected chi connectivity index (χ4v) is 3.49. The van der Waals surface area contributed by atoms with Crippen molar-refractivity contribution in [1.29, 1.82) is 0 Å². The van der Waals surface area contributed by atoms with Crippen LogP contribution in [0.3, 0.4) is 0 Å². The molecule has 1 N–H and O–H groups in total. The molecule has 1 unspecified atom stereocenters. The van der Waals surface area contributed by atoms with Gasteiger partial charge in [0.2, 0.25) is 10.0 Å². The van der Waals surface area contributed by atoms with Gasteiger partial charge in [0.15, 0.2) is 11.5 Å². The van der Waals surface area contributed by atoms with Crippen LogP contribution in [-0.2, 0) is 10.0 Å². The van der Waals surface area contributed by atoms with Gasteiger partial charge in [-0.2, -0.15) is 0 Å². The number of hydrogen-bond donors (Lipinski definition) is 1. The smallest absolute Gasteiger partial charge is 0.211 e. The fraction of sp³-hybridized carbons (Fsp3) is 0.625. The summed E-state index contributed by atoms with van der Waals surface area (Å²) in [4.78, 5) is 0. The van der Waals surface area contributed by atoms with E-state index in [2.05, 4.69) is 18.6 Å². The number of rotatable bonds is 9. The van der Waals surface area contributed by atoms with E-state index in [0.29, 0.717) is 30.4 Å². The highest BCUT2D eigenvalue weighted by Gasteiger charge is 2.20. The largest absolute Gasteiger partial charge is 0.493 e. The average molecular weight is 329 g/mol. The molecule has 0 saturated carbocycles. The van der Waals surface area contributed by atoms with E-state index < -0.39 is 10.0 Å². The van der Waals surface area contributed by atoms with Gasteiger partial charge in [0.05, 0.1) is 20.0 Å². The number of benzene rings is 1. The van der Waals surface area contributed by atoms with Gasteiger partial charge < -0.3 is 9.47 Å². The zero-order chi connectivity index (χ0) is 16.8. The van der Waals surface area contributed by atoms with Gasteiger partial charge in [0.25, 0.3) is 0 Å². The molecular weight excluding hydrogens is 302 g/mol. The van der Waals surface area contributed by atoms with Gasteiger partial charge in [-0.05, 0) is 36.0 Å². The molecule has 0 aliphatic carbocycles. The molecule has 0 heterocycles. The van der Waals surface area contributed by atoms with E-state index in [-0.39, 0.29) is 11.7 Å². The minimum absolute atomic E-state index is 0.0754. The van der Waals surface area contributed by atoms with Gasteiger partial charge in [-0.3, -0.25) is 0 Å². The summed E-state index contributed by atoms with van der Waals surface area (Å²) >= 11 is 0. The van der Waals surface area contributed by atoms with Crippen molar-refractivity contribution in [3.05, 3.63) is 23.8 Å². The van der Waals surface area contributed by atoms with Crippen LogP contribution in [0.4, 0.5) is 0 Å². The Bertz CT molecular complexity index is 570. The first-order chi connectivity index (χ1) is 10.3. The lowest BCUT2D eigenvalue weighted by Gasteiger charge is -2.23. The molecule has 22 heavy (non-hydrogen) atoms. The van der Waals surface area contributed by atoms with Crippen LogP contribution in [-0.4, -0.2) is 34.9 Å². The van der Waals surface area contributed by atoms with E-state index in [1.807, 2.05) is 25.1 Å². The summed E-state index contributed by atoms with van der Waals surface area (Å²) in [7, 11) is -0.0159. The van der Waals surface area contributed by atoms with Gasteiger partial charge >= 0.3 is 0 Å². The molecule has 0 fully saturated rings. The molecule has 0 spiro atoms. The Labute approximate surface area is 134 Å². The van der Waals surface area contributed by atoms with Crippen LogP contribution in [0.25, 0.3) is 0 Å². The Morgan fingerprint density at radius 2 is 1.77 bits per heavy atom. The average Bonchev–Trinajstić information content (AvgIpc) is 2.46. The molecule has 5 nitrogen and oxygen atoms in total. The second-order valence-corrected chi connectivity index (χ2v) is 7.56. The summed E-state index contributed by atoms with van der Waals surface area (Å²) in [5, 5.41) is 0. The molecule has 1 rings (SSSR count). The lowest BCUT2D eigenvalue weighted by molar-refractivity contribution is 0.353. The summed E-state index contributed by atoms with van der Waals surface area (Å²) in [6.07, 6.45) is 0.609. The molecular formula is C16H27NO4S. The topological polar surface area (TPSA) is 64.6 Å². The Hall–Kier alpha value is -1.27. The van der Waals surface area contributed by atoms with Crippen LogP contribution in [0.15, 0.2) is 18.2 Å². The summed E-state index contributed by atoms with van der Waals surface area (Å²) in [5.41, 5.74) is 1.03. The predicted octanol–water partition coefficient (Wildman–Crippen LogP) is 2.77. The lowest BCUT2D eigenvalue weighted by Crippen LogP contribution is -2.32. The molecule has 1 aromatic rings. The van der Waals surface area contributed by atoms with Crippen molar-refractivity contribution in [3.8, 4) is 11.5 Å². The van der Waals surface area contributed by atoms with Crippen LogP contribution in [0, 0.1) is 5.92 Å². The highest BCUT2D eigenvalue weighted by atomic mass is 32.2. The van der Waals surface area contributed by atoms with Crippen molar-refractivity contribution in [1.82, 2.24) is 4.72 Å². The third-order valence-electron chi connectivity index (χ3n) is 3.64. The number of nitrogens with one attached hydrogen (secondary N) is 1. The first kappa shape index (κ1) is 18.8. The minimum Gasteiger partial charge on any atom is -0.493 e. The quantitative estimate of drug-likeness (QED) is 0.756. The summed E-state index contributed by atoms with van der Waals surface area (Å²) < 4.78 is 37.0. The van der Waals surface area contributed by atoms with Crippen molar-refractivity contribution >= 4 is 10.0 Å². The maximum atomic E-state index is 11.9. The van der Waals surface area contributed by atoms with Crippen LogP contribution in [0.5, 0.6) is 11.5 Å². The third-order valence-corrected chi connectivity index (χ3v) is 5.19. The highest BCUT2D eigenvalue weighted by molar-refractivity contribution is 7.89. The molecule has 0 bridgehead atoms. The van der Waals surface area contributed by atoms with Crippen LogP contribution in [0.2, 0.25) is 0 Å². The number of hydrogen-bond acceptors (Lipinski definition) is 4. The molecule has 6 heteroatoms.